The molecule has 2 heteroatoms. The molecule has 0 aromatic heterocycles. The van der Waals surface area contributed by atoms with E-state index in [2.05, 4.69) is 90.9 Å². The summed E-state index contributed by atoms with van der Waals surface area (Å²) in [6.45, 7) is 2.25. The van der Waals surface area contributed by atoms with Crippen molar-refractivity contribution in [3.05, 3.63) is 95.6 Å². The smallest absolute Gasteiger partial charge is 0.197 e. The summed E-state index contributed by atoms with van der Waals surface area (Å²) in [6, 6.07) is 27.8. The van der Waals surface area contributed by atoms with Gasteiger partial charge in [-0.15, -0.1) is 0 Å². The Morgan fingerprint density at radius 1 is 0.815 bits per heavy atom. The number of oxime groups is 1. The summed E-state index contributed by atoms with van der Waals surface area (Å²) in [6.07, 6.45) is 3.39. The first-order valence-corrected chi connectivity index (χ1v) is 9.87. The number of nitrogens with zero attached hydrogens (tertiary/aromatic N) is 1. The van der Waals surface area contributed by atoms with Gasteiger partial charge in [0.05, 0.1) is 11.6 Å². The molecule has 2 aliphatic rings. The number of hydrogen-bond donors (Lipinski definition) is 0. The Balaban J connectivity index is 1.71. The van der Waals surface area contributed by atoms with Crippen molar-refractivity contribution in [2.24, 2.45) is 11.1 Å². The predicted octanol–water partition coefficient (Wildman–Crippen LogP) is 6.15. The van der Waals surface area contributed by atoms with E-state index in [9.17, 15) is 0 Å². The lowest BCUT2D eigenvalue weighted by Crippen LogP contribution is -2.36. The van der Waals surface area contributed by atoms with Gasteiger partial charge < -0.3 is 4.84 Å². The first kappa shape index (κ1) is 16.3. The third kappa shape index (κ3) is 2.29. The first-order valence-electron chi connectivity index (χ1n) is 9.87. The van der Waals surface area contributed by atoms with Gasteiger partial charge in [-0.2, -0.15) is 0 Å². The van der Waals surface area contributed by atoms with Crippen LogP contribution < -0.4 is 0 Å². The molecule has 3 aromatic carbocycles. The molecule has 5 rings (SSSR count). The summed E-state index contributed by atoms with van der Waals surface area (Å²) < 4.78 is 0. The Morgan fingerprint density at radius 2 is 1.41 bits per heavy atom. The van der Waals surface area contributed by atoms with Crippen molar-refractivity contribution < 1.29 is 4.84 Å². The van der Waals surface area contributed by atoms with Gasteiger partial charge in [-0.05, 0) is 23.1 Å². The number of benzene rings is 3. The van der Waals surface area contributed by atoms with E-state index in [1.54, 1.807) is 0 Å². The second kappa shape index (κ2) is 6.38. The SMILES string of the molecule is CCCCC1C(c2ccccc2)=NOC12c1ccccc1-c1ccccc12. The zero-order valence-corrected chi connectivity index (χ0v) is 15.6. The van der Waals surface area contributed by atoms with Crippen molar-refractivity contribution in [1.29, 1.82) is 0 Å². The fourth-order valence-electron chi connectivity index (χ4n) is 4.75. The minimum absolute atomic E-state index is 0.213. The molecule has 1 aliphatic heterocycles. The largest absolute Gasteiger partial charge is 0.378 e. The van der Waals surface area contributed by atoms with E-state index in [1.165, 1.54) is 22.3 Å². The van der Waals surface area contributed by atoms with Crippen LogP contribution in [0.4, 0.5) is 0 Å². The van der Waals surface area contributed by atoms with Gasteiger partial charge in [0, 0.05) is 11.1 Å². The van der Waals surface area contributed by atoms with Gasteiger partial charge in [0.15, 0.2) is 5.60 Å². The molecule has 1 atom stereocenters. The van der Waals surface area contributed by atoms with Crippen LogP contribution in [-0.2, 0) is 10.4 Å². The third-order valence-corrected chi connectivity index (χ3v) is 5.97. The summed E-state index contributed by atoms with van der Waals surface area (Å²) >= 11 is 0. The quantitative estimate of drug-likeness (QED) is 0.551. The zero-order valence-electron chi connectivity index (χ0n) is 15.6. The minimum atomic E-state index is -0.506. The lowest BCUT2D eigenvalue weighted by atomic mass is 9.73. The van der Waals surface area contributed by atoms with E-state index in [1.807, 2.05) is 0 Å². The van der Waals surface area contributed by atoms with Crippen molar-refractivity contribution in [3.63, 3.8) is 0 Å². The second-order valence-electron chi connectivity index (χ2n) is 7.46. The lowest BCUT2D eigenvalue weighted by Gasteiger charge is -2.31. The number of unbranched alkanes of at least 4 members (excludes halogenated alkanes) is 1. The maximum atomic E-state index is 6.42. The molecule has 0 saturated heterocycles. The van der Waals surface area contributed by atoms with E-state index in [0.29, 0.717) is 0 Å². The number of rotatable bonds is 4. The number of fused-ring (bicyclic) bond motifs is 5. The highest BCUT2D eigenvalue weighted by Gasteiger charge is 2.56. The lowest BCUT2D eigenvalue weighted by molar-refractivity contribution is -0.0144. The van der Waals surface area contributed by atoms with Crippen molar-refractivity contribution in [2.75, 3.05) is 0 Å². The average Bonchev–Trinajstić information content (AvgIpc) is 3.25. The first-order chi connectivity index (χ1) is 13.4. The van der Waals surface area contributed by atoms with Gasteiger partial charge in [-0.25, -0.2) is 0 Å². The van der Waals surface area contributed by atoms with E-state index in [4.69, 9.17) is 4.84 Å². The minimum Gasteiger partial charge on any atom is -0.378 e. The molecule has 2 nitrogen and oxygen atoms in total. The van der Waals surface area contributed by atoms with E-state index in [-0.39, 0.29) is 5.92 Å². The molecule has 1 aliphatic carbocycles. The standard InChI is InChI=1S/C25H23NO/c1-2-3-15-23-24(18-11-5-4-6-12-18)26-27-25(23)21-16-9-7-13-19(21)20-14-8-10-17-22(20)25/h4-14,16-17,23H,2-3,15H2,1H3. The summed E-state index contributed by atoms with van der Waals surface area (Å²) in [5, 5.41) is 4.69. The van der Waals surface area contributed by atoms with Crippen LogP contribution in [0.1, 0.15) is 42.9 Å². The van der Waals surface area contributed by atoms with Crippen LogP contribution in [0, 0.1) is 5.92 Å². The normalized spacial score (nSPS) is 18.7. The van der Waals surface area contributed by atoms with Gasteiger partial charge in [-0.3, -0.25) is 0 Å². The Hall–Kier alpha value is -2.87. The number of hydrogen-bond acceptors (Lipinski definition) is 2. The topological polar surface area (TPSA) is 21.6 Å². The Labute approximate surface area is 160 Å². The van der Waals surface area contributed by atoms with Crippen LogP contribution >= 0.6 is 0 Å². The Kier molecular flexibility index (Phi) is 3.86. The molecule has 1 spiro atoms. The average molecular weight is 353 g/mol. The summed E-state index contributed by atoms with van der Waals surface area (Å²) in [5.74, 6) is 0.213. The Morgan fingerprint density at radius 3 is 2.04 bits per heavy atom. The van der Waals surface area contributed by atoms with Gasteiger partial charge >= 0.3 is 0 Å². The van der Waals surface area contributed by atoms with Gasteiger partial charge in [0.2, 0.25) is 0 Å². The maximum Gasteiger partial charge on any atom is 0.197 e. The van der Waals surface area contributed by atoms with E-state index >= 15 is 0 Å². The van der Waals surface area contributed by atoms with Crippen LogP contribution in [0.15, 0.2) is 84.0 Å². The van der Waals surface area contributed by atoms with Crippen molar-refractivity contribution in [1.82, 2.24) is 0 Å². The fourth-order valence-corrected chi connectivity index (χ4v) is 4.75. The van der Waals surface area contributed by atoms with Crippen LogP contribution in [0.5, 0.6) is 0 Å². The molecule has 0 bridgehead atoms. The van der Waals surface area contributed by atoms with Crippen LogP contribution in [0.3, 0.4) is 0 Å². The molecule has 0 saturated carbocycles. The molecular formula is C25H23NO. The summed E-state index contributed by atoms with van der Waals surface area (Å²) in [4.78, 5) is 6.42. The molecule has 1 heterocycles. The molecule has 134 valence electrons. The molecule has 1 unspecified atom stereocenters. The predicted molar refractivity (Wildman–Crippen MR) is 110 cm³/mol. The van der Waals surface area contributed by atoms with Gasteiger partial charge in [0.25, 0.3) is 0 Å². The molecule has 0 N–H and O–H groups in total. The van der Waals surface area contributed by atoms with Crippen LogP contribution in [0.2, 0.25) is 0 Å². The zero-order chi connectivity index (χ0) is 18.3. The molecule has 27 heavy (non-hydrogen) atoms. The summed E-state index contributed by atoms with van der Waals surface area (Å²) in [5.41, 5.74) is 6.79. The highest BCUT2D eigenvalue weighted by Crippen LogP contribution is 2.57. The molecule has 0 amide bonds. The van der Waals surface area contributed by atoms with Crippen molar-refractivity contribution in [3.8, 4) is 11.1 Å². The molecular weight excluding hydrogens is 330 g/mol. The van der Waals surface area contributed by atoms with Crippen molar-refractivity contribution >= 4 is 5.71 Å². The highest BCUT2D eigenvalue weighted by atomic mass is 16.7. The van der Waals surface area contributed by atoms with Gasteiger partial charge in [0.1, 0.15) is 0 Å². The highest BCUT2D eigenvalue weighted by molar-refractivity contribution is 6.05. The van der Waals surface area contributed by atoms with E-state index < -0.39 is 5.60 Å². The van der Waals surface area contributed by atoms with Crippen LogP contribution in [0.25, 0.3) is 11.1 Å². The molecule has 0 fully saturated rings. The molecule has 3 aromatic rings. The Bertz CT molecular complexity index is 960. The second-order valence-corrected chi connectivity index (χ2v) is 7.46. The summed E-state index contributed by atoms with van der Waals surface area (Å²) in [7, 11) is 0. The third-order valence-electron chi connectivity index (χ3n) is 5.97. The van der Waals surface area contributed by atoms with Crippen molar-refractivity contribution in [2.45, 2.75) is 31.8 Å². The fraction of sp³-hybridized carbons (Fsp3) is 0.240. The maximum absolute atomic E-state index is 6.42. The van der Waals surface area contributed by atoms with Gasteiger partial charge in [-0.1, -0.05) is 104 Å². The monoisotopic (exact) mass is 353 g/mol. The molecule has 0 radical (unpaired) electrons. The van der Waals surface area contributed by atoms with Crippen LogP contribution in [-0.4, -0.2) is 5.71 Å². The van der Waals surface area contributed by atoms with E-state index in [0.717, 1.165) is 30.5 Å².